The maximum Gasteiger partial charge on any atom is 0.416 e. The van der Waals surface area contributed by atoms with E-state index in [1.54, 1.807) is 7.11 Å². The summed E-state index contributed by atoms with van der Waals surface area (Å²) in [5.74, 6) is -0.376. The molecule has 0 aromatic heterocycles. The number of carbonyl (C=O) groups is 1. The average molecular weight is 392 g/mol. The number of carbonyl (C=O) groups excluding carboxylic acids is 1. The van der Waals surface area contributed by atoms with E-state index in [2.05, 4.69) is 22.3 Å². The van der Waals surface area contributed by atoms with Crippen molar-refractivity contribution in [1.29, 1.82) is 0 Å². The number of hydrogen-bond acceptors (Lipinski definition) is 3. The molecule has 28 heavy (non-hydrogen) atoms. The van der Waals surface area contributed by atoms with Crippen LogP contribution < -0.4 is 5.32 Å². The molecule has 1 amide bonds. The zero-order valence-corrected chi connectivity index (χ0v) is 15.6. The van der Waals surface area contributed by atoms with Gasteiger partial charge in [0.1, 0.15) is 0 Å². The molecule has 0 spiro atoms. The summed E-state index contributed by atoms with van der Waals surface area (Å²) in [6.45, 7) is 2.52. The van der Waals surface area contributed by atoms with E-state index in [-0.39, 0.29) is 17.5 Å². The minimum absolute atomic E-state index is 0.100. The lowest BCUT2D eigenvalue weighted by Crippen LogP contribution is -2.48. The van der Waals surface area contributed by atoms with Gasteiger partial charge in [-0.15, -0.1) is 0 Å². The van der Waals surface area contributed by atoms with Crippen LogP contribution in [0.2, 0.25) is 0 Å². The Morgan fingerprint density at radius 3 is 2.46 bits per heavy atom. The molecule has 150 valence electrons. The molecule has 2 aromatic carbocycles. The summed E-state index contributed by atoms with van der Waals surface area (Å²) < 4.78 is 43.2. The first-order valence-corrected chi connectivity index (χ1v) is 9.13. The van der Waals surface area contributed by atoms with Crippen LogP contribution in [0.4, 0.5) is 13.2 Å². The predicted molar refractivity (Wildman–Crippen MR) is 100.0 cm³/mol. The Labute approximate surface area is 162 Å². The monoisotopic (exact) mass is 392 g/mol. The van der Waals surface area contributed by atoms with Gasteiger partial charge in [0.15, 0.2) is 0 Å². The molecule has 0 aliphatic carbocycles. The Bertz CT molecular complexity index is 806. The maximum atomic E-state index is 12.7. The summed E-state index contributed by atoms with van der Waals surface area (Å²) in [7, 11) is 1.65. The first-order chi connectivity index (χ1) is 13.4. The lowest BCUT2D eigenvalue weighted by Gasteiger charge is -2.37. The molecule has 1 unspecified atom stereocenters. The summed E-state index contributed by atoms with van der Waals surface area (Å²) in [6.07, 6.45) is -3.61. The van der Waals surface area contributed by atoms with Crippen molar-refractivity contribution in [2.75, 3.05) is 26.8 Å². The van der Waals surface area contributed by atoms with E-state index in [1.807, 2.05) is 12.1 Å². The van der Waals surface area contributed by atoms with Gasteiger partial charge in [0.25, 0.3) is 5.91 Å². The van der Waals surface area contributed by atoms with Crippen molar-refractivity contribution in [3.05, 3.63) is 70.8 Å². The Morgan fingerprint density at radius 1 is 1.14 bits per heavy atom. The topological polar surface area (TPSA) is 41.6 Å². The summed E-state index contributed by atoms with van der Waals surface area (Å²) >= 11 is 0. The molecule has 3 rings (SSSR count). The van der Waals surface area contributed by atoms with Crippen molar-refractivity contribution < 1.29 is 22.7 Å². The number of nitrogens with one attached hydrogen (secondary N) is 1. The number of nitrogens with zero attached hydrogens (tertiary/aromatic N) is 1. The van der Waals surface area contributed by atoms with Gasteiger partial charge < -0.3 is 10.1 Å². The molecular formula is C21H23F3N2O2. The van der Waals surface area contributed by atoms with E-state index in [4.69, 9.17) is 4.74 Å². The number of fused-ring (bicyclic) bond motifs is 1. The van der Waals surface area contributed by atoms with Crippen molar-refractivity contribution >= 4 is 5.91 Å². The molecule has 2 aromatic rings. The summed E-state index contributed by atoms with van der Waals surface area (Å²) in [5, 5.41) is 2.86. The van der Waals surface area contributed by atoms with Crippen LogP contribution >= 0.6 is 0 Å². The average Bonchev–Trinajstić information content (AvgIpc) is 2.69. The molecule has 0 radical (unpaired) electrons. The van der Waals surface area contributed by atoms with Gasteiger partial charge in [-0.3, -0.25) is 9.69 Å². The number of halogens is 3. The molecule has 1 aliphatic heterocycles. The van der Waals surface area contributed by atoms with Crippen LogP contribution in [0.5, 0.6) is 0 Å². The second-order valence-corrected chi connectivity index (χ2v) is 6.88. The third-order valence-electron chi connectivity index (χ3n) is 5.02. The van der Waals surface area contributed by atoms with E-state index in [0.29, 0.717) is 13.2 Å². The Morgan fingerprint density at radius 2 is 1.82 bits per heavy atom. The van der Waals surface area contributed by atoms with Gasteiger partial charge in [0.05, 0.1) is 12.2 Å². The highest BCUT2D eigenvalue weighted by Crippen LogP contribution is 2.29. The number of benzene rings is 2. The molecule has 0 saturated carbocycles. The largest absolute Gasteiger partial charge is 0.416 e. The molecule has 4 nitrogen and oxygen atoms in total. The van der Waals surface area contributed by atoms with Crippen molar-refractivity contribution in [2.45, 2.75) is 25.2 Å². The molecule has 0 saturated heterocycles. The number of methoxy groups -OCH3 is 1. The van der Waals surface area contributed by atoms with Crippen molar-refractivity contribution in [3.8, 4) is 0 Å². The second kappa shape index (κ2) is 8.75. The van der Waals surface area contributed by atoms with Crippen LogP contribution in [0.15, 0.2) is 48.5 Å². The van der Waals surface area contributed by atoms with Crippen molar-refractivity contribution in [3.63, 3.8) is 0 Å². The second-order valence-electron chi connectivity index (χ2n) is 6.88. The van der Waals surface area contributed by atoms with Crippen LogP contribution in [0.1, 0.15) is 27.0 Å². The highest BCUT2D eigenvalue weighted by molar-refractivity contribution is 5.94. The van der Waals surface area contributed by atoms with E-state index >= 15 is 0 Å². The molecule has 1 heterocycles. The zero-order valence-electron chi connectivity index (χ0n) is 15.6. The number of ether oxygens (including phenoxy) is 1. The minimum atomic E-state index is -4.41. The van der Waals surface area contributed by atoms with Gasteiger partial charge in [-0.2, -0.15) is 13.2 Å². The highest BCUT2D eigenvalue weighted by atomic mass is 19.4. The Kier molecular flexibility index (Phi) is 6.36. The lowest BCUT2D eigenvalue weighted by molar-refractivity contribution is -0.137. The van der Waals surface area contributed by atoms with Crippen molar-refractivity contribution in [2.24, 2.45) is 0 Å². The molecule has 1 N–H and O–H groups in total. The van der Waals surface area contributed by atoms with Gasteiger partial charge in [-0.25, -0.2) is 0 Å². The highest BCUT2D eigenvalue weighted by Gasteiger charge is 2.30. The number of amides is 1. The SMILES string of the molecule is COCCN1Cc2ccccc2CC1CNC(=O)c1ccc(C(F)(F)F)cc1. The van der Waals surface area contributed by atoms with Crippen LogP contribution in [-0.4, -0.2) is 43.7 Å². The fourth-order valence-corrected chi connectivity index (χ4v) is 3.44. The van der Waals surface area contributed by atoms with E-state index in [0.717, 1.165) is 31.6 Å². The lowest BCUT2D eigenvalue weighted by atomic mass is 9.94. The van der Waals surface area contributed by atoms with Gasteiger partial charge in [-0.1, -0.05) is 24.3 Å². The van der Waals surface area contributed by atoms with Gasteiger partial charge in [0, 0.05) is 38.3 Å². The van der Waals surface area contributed by atoms with Gasteiger partial charge in [-0.05, 0) is 41.8 Å². The number of hydrogen-bond donors (Lipinski definition) is 1. The third-order valence-corrected chi connectivity index (χ3v) is 5.02. The molecule has 0 bridgehead atoms. The molecule has 0 fully saturated rings. The first kappa shape index (κ1) is 20.4. The fraction of sp³-hybridized carbons (Fsp3) is 0.381. The summed E-state index contributed by atoms with van der Waals surface area (Å²) in [4.78, 5) is 14.6. The standard InChI is InChI=1S/C21H23F3N2O2/c1-28-11-10-26-14-17-5-3-2-4-16(17)12-19(26)13-25-20(27)15-6-8-18(9-7-15)21(22,23)24/h2-9,19H,10-14H2,1H3,(H,25,27). The normalized spacial score (nSPS) is 17.2. The fourth-order valence-electron chi connectivity index (χ4n) is 3.44. The van der Waals surface area contributed by atoms with Gasteiger partial charge >= 0.3 is 6.18 Å². The van der Waals surface area contributed by atoms with Gasteiger partial charge in [0.2, 0.25) is 0 Å². The Hall–Kier alpha value is -2.38. The van der Waals surface area contributed by atoms with Crippen LogP contribution in [0, 0.1) is 0 Å². The number of alkyl halides is 3. The van der Waals surface area contributed by atoms with Crippen molar-refractivity contribution in [1.82, 2.24) is 10.2 Å². The summed E-state index contributed by atoms with van der Waals surface area (Å²) in [5.41, 5.74) is 1.97. The smallest absolute Gasteiger partial charge is 0.383 e. The van der Waals surface area contributed by atoms with E-state index < -0.39 is 11.7 Å². The minimum Gasteiger partial charge on any atom is -0.383 e. The molecule has 7 heteroatoms. The quantitative estimate of drug-likeness (QED) is 0.818. The maximum absolute atomic E-state index is 12.7. The first-order valence-electron chi connectivity index (χ1n) is 9.13. The zero-order chi connectivity index (χ0) is 20.1. The van der Waals surface area contributed by atoms with E-state index in [9.17, 15) is 18.0 Å². The molecule has 1 aliphatic rings. The molecular weight excluding hydrogens is 369 g/mol. The summed E-state index contributed by atoms with van der Waals surface area (Å²) in [6, 6.07) is 12.6. The predicted octanol–water partition coefficient (Wildman–Crippen LogP) is 3.51. The van der Waals surface area contributed by atoms with Crippen LogP contribution in [-0.2, 0) is 23.9 Å². The Balaban J connectivity index is 1.65. The molecule has 1 atom stereocenters. The third kappa shape index (κ3) is 4.91. The van der Waals surface area contributed by atoms with Crippen LogP contribution in [0.3, 0.4) is 0 Å². The van der Waals surface area contributed by atoms with Crippen LogP contribution in [0.25, 0.3) is 0 Å². The number of rotatable bonds is 6. The van der Waals surface area contributed by atoms with E-state index in [1.165, 1.54) is 23.3 Å².